The van der Waals surface area contributed by atoms with Gasteiger partial charge in [0.1, 0.15) is 11.6 Å². The SMILES string of the molecule is Cn1c(CN[C@H]2CCOC2)nnc1-c1cc(Cl)c(F)cc1NS(=O)(=O)c1ccc(C(C)(C)C)cc1. The van der Waals surface area contributed by atoms with Crippen molar-refractivity contribution in [2.45, 2.75) is 50.1 Å². The number of hydrogen-bond donors (Lipinski definition) is 2. The molecule has 4 rings (SSSR count). The van der Waals surface area contributed by atoms with Gasteiger partial charge in [-0.3, -0.25) is 4.72 Å². The third-order valence-corrected chi connectivity index (χ3v) is 7.69. The summed E-state index contributed by atoms with van der Waals surface area (Å²) in [6.45, 7) is 7.95. The third kappa shape index (κ3) is 5.66. The maximum atomic E-state index is 14.4. The Labute approximate surface area is 209 Å². The highest BCUT2D eigenvalue weighted by molar-refractivity contribution is 7.92. The second-order valence-corrected chi connectivity index (χ2v) is 11.7. The molecule has 2 aromatic carbocycles. The van der Waals surface area contributed by atoms with Crippen molar-refractivity contribution in [2.75, 3.05) is 17.9 Å². The van der Waals surface area contributed by atoms with Crippen molar-refractivity contribution in [3.63, 3.8) is 0 Å². The fourth-order valence-electron chi connectivity index (χ4n) is 3.84. The van der Waals surface area contributed by atoms with Crippen LogP contribution in [-0.4, -0.2) is 42.4 Å². The topological polar surface area (TPSA) is 98.1 Å². The van der Waals surface area contributed by atoms with E-state index in [1.54, 1.807) is 23.7 Å². The summed E-state index contributed by atoms with van der Waals surface area (Å²) >= 11 is 6.05. The number of aromatic nitrogens is 3. The largest absolute Gasteiger partial charge is 0.380 e. The van der Waals surface area contributed by atoms with Crippen LogP contribution >= 0.6 is 11.6 Å². The smallest absolute Gasteiger partial charge is 0.261 e. The van der Waals surface area contributed by atoms with Crippen LogP contribution in [0.5, 0.6) is 0 Å². The number of rotatable bonds is 7. The fourth-order valence-corrected chi connectivity index (χ4v) is 5.07. The molecule has 3 aromatic rings. The summed E-state index contributed by atoms with van der Waals surface area (Å²) in [4.78, 5) is 0.0634. The van der Waals surface area contributed by atoms with Gasteiger partial charge in [0.15, 0.2) is 5.82 Å². The van der Waals surface area contributed by atoms with Crippen LogP contribution in [0.15, 0.2) is 41.3 Å². The normalized spacial score (nSPS) is 16.6. The van der Waals surface area contributed by atoms with Gasteiger partial charge >= 0.3 is 0 Å². The van der Waals surface area contributed by atoms with Gasteiger partial charge in [0.05, 0.1) is 28.8 Å². The molecule has 188 valence electrons. The Morgan fingerprint density at radius 2 is 1.91 bits per heavy atom. The molecule has 2 N–H and O–H groups in total. The van der Waals surface area contributed by atoms with Gasteiger partial charge in [0, 0.05) is 31.3 Å². The molecule has 0 radical (unpaired) electrons. The summed E-state index contributed by atoms with van der Waals surface area (Å²) in [5.74, 6) is 0.243. The van der Waals surface area contributed by atoms with E-state index in [2.05, 4.69) is 20.2 Å². The molecule has 0 saturated carbocycles. The van der Waals surface area contributed by atoms with E-state index >= 15 is 0 Å². The molecule has 0 bridgehead atoms. The van der Waals surface area contributed by atoms with Crippen molar-refractivity contribution in [3.8, 4) is 11.4 Å². The monoisotopic (exact) mass is 521 g/mol. The summed E-state index contributed by atoms with van der Waals surface area (Å²) < 4.78 is 50.3. The molecule has 1 atom stereocenters. The highest BCUT2D eigenvalue weighted by Crippen LogP contribution is 2.33. The van der Waals surface area contributed by atoms with Gasteiger partial charge in [-0.15, -0.1) is 10.2 Å². The molecule has 0 unspecified atom stereocenters. The van der Waals surface area contributed by atoms with Crippen molar-refractivity contribution in [1.82, 2.24) is 20.1 Å². The van der Waals surface area contributed by atoms with Gasteiger partial charge in [-0.1, -0.05) is 44.5 Å². The van der Waals surface area contributed by atoms with E-state index in [-0.39, 0.29) is 27.1 Å². The molecule has 1 aromatic heterocycles. The number of anilines is 1. The standard InChI is InChI=1S/C24H29ClFN5O3S/c1-24(2,3)15-5-7-17(8-6-15)35(32,33)30-21-12-20(26)19(25)11-18(21)23-29-28-22(31(23)4)13-27-16-9-10-34-14-16/h5-8,11-12,16,27,30H,9-10,13-14H2,1-4H3/t16-/m0/s1. The van der Waals surface area contributed by atoms with Crippen molar-refractivity contribution < 1.29 is 17.5 Å². The van der Waals surface area contributed by atoms with Gasteiger partial charge in [-0.25, -0.2) is 12.8 Å². The predicted molar refractivity (Wildman–Crippen MR) is 133 cm³/mol. The Bertz CT molecular complexity index is 1310. The van der Waals surface area contributed by atoms with Crippen molar-refractivity contribution in [2.24, 2.45) is 7.05 Å². The molecule has 0 spiro atoms. The Morgan fingerprint density at radius 1 is 1.20 bits per heavy atom. The molecule has 0 amide bonds. The molecule has 1 aliphatic rings. The predicted octanol–water partition coefficient (Wildman–Crippen LogP) is 4.25. The van der Waals surface area contributed by atoms with Crippen molar-refractivity contribution in [3.05, 3.63) is 58.6 Å². The summed E-state index contributed by atoms with van der Waals surface area (Å²) in [7, 11) is -2.24. The van der Waals surface area contributed by atoms with E-state index < -0.39 is 15.8 Å². The van der Waals surface area contributed by atoms with Crippen LogP contribution < -0.4 is 10.0 Å². The fraction of sp³-hybridized carbons (Fsp3) is 0.417. The summed E-state index contributed by atoms with van der Waals surface area (Å²) in [6, 6.07) is 9.26. The summed E-state index contributed by atoms with van der Waals surface area (Å²) in [6.07, 6.45) is 0.918. The van der Waals surface area contributed by atoms with Crippen LogP contribution in [0, 0.1) is 5.82 Å². The van der Waals surface area contributed by atoms with Gasteiger partial charge < -0.3 is 14.6 Å². The van der Waals surface area contributed by atoms with Gasteiger partial charge in [-0.05, 0) is 35.6 Å². The average molecular weight is 522 g/mol. The van der Waals surface area contributed by atoms with Crippen LogP contribution in [0.25, 0.3) is 11.4 Å². The van der Waals surface area contributed by atoms with Gasteiger partial charge in [0.2, 0.25) is 0 Å². The Kier molecular flexibility index (Phi) is 7.19. The summed E-state index contributed by atoms with van der Waals surface area (Å²) in [5, 5.41) is 11.7. The van der Waals surface area contributed by atoms with Gasteiger partial charge in [-0.2, -0.15) is 0 Å². The Hall–Kier alpha value is -2.53. The van der Waals surface area contributed by atoms with E-state index in [1.807, 2.05) is 20.8 Å². The first-order chi connectivity index (χ1) is 16.5. The third-order valence-electron chi connectivity index (χ3n) is 6.02. The maximum absolute atomic E-state index is 14.4. The minimum absolute atomic E-state index is 0.0194. The minimum Gasteiger partial charge on any atom is -0.380 e. The highest BCUT2D eigenvalue weighted by atomic mass is 35.5. The number of halogens is 2. The number of ether oxygens (including phenoxy) is 1. The van der Waals surface area contributed by atoms with E-state index in [0.29, 0.717) is 30.4 Å². The lowest BCUT2D eigenvalue weighted by atomic mass is 9.87. The van der Waals surface area contributed by atoms with Crippen LogP contribution in [0.2, 0.25) is 5.02 Å². The van der Waals surface area contributed by atoms with Crippen molar-refractivity contribution in [1.29, 1.82) is 0 Å². The van der Waals surface area contributed by atoms with E-state index in [1.165, 1.54) is 18.2 Å². The van der Waals surface area contributed by atoms with Crippen LogP contribution in [-0.2, 0) is 33.8 Å². The molecule has 2 heterocycles. The molecule has 1 fully saturated rings. The first-order valence-electron chi connectivity index (χ1n) is 11.3. The molecule has 11 heteroatoms. The lowest BCUT2D eigenvalue weighted by Gasteiger charge is -2.19. The molecule has 35 heavy (non-hydrogen) atoms. The lowest BCUT2D eigenvalue weighted by molar-refractivity contribution is 0.189. The molecule has 1 aliphatic heterocycles. The molecular weight excluding hydrogens is 493 g/mol. The van der Waals surface area contributed by atoms with Crippen molar-refractivity contribution >= 4 is 27.3 Å². The number of benzene rings is 2. The van der Waals surface area contributed by atoms with E-state index in [0.717, 1.165) is 24.7 Å². The first kappa shape index (κ1) is 25.6. The number of nitrogens with one attached hydrogen (secondary N) is 2. The maximum Gasteiger partial charge on any atom is 0.261 e. The molecule has 8 nitrogen and oxygen atoms in total. The van der Waals surface area contributed by atoms with Gasteiger partial charge in [0.25, 0.3) is 10.0 Å². The Balaban J connectivity index is 1.64. The van der Waals surface area contributed by atoms with E-state index in [9.17, 15) is 12.8 Å². The van der Waals surface area contributed by atoms with Crippen LogP contribution in [0.1, 0.15) is 38.6 Å². The highest BCUT2D eigenvalue weighted by Gasteiger charge is 2.23. The molecular formula is C24H29ClFN5O3S. The van der Waals surface area contributed by atoms with Crippen LogP contribution in [0.3, 0.4) is 0 Å². The number of nitrogens with zero attached hydrogens (tertiary/aromatic N) is 3. The quantitative estimate of drug-likeness (QED) is 0.482. The zero-order chi connectivity index (χ0) is 25.4. The lowest BCUT2D eigenvalue weighted by Crippen LogP contribution is -2.29. The zero-order valence-corrected chi connectivity index (χ0v) is 21.7. The zero-order valence-electron chi connectivity index (χ0n) is 20.1. The number of sulfonamides is 1. The second kappa shape index (κ2) is 9.85. The first-order valence-corrected chi connectivity index (χ1v) is 13.1. The van der Waals surface area contributed by atoms with E-state index in [4.69, 9.17) is 16.3 Å². The van der Waals surface area contributed by atoms with Crippen LogP contribution in [0.4, 0.5) is 10.1 Å². The molecule has 1 saturated heterocycles. The molecule has 0 aliphatic carbocycles. The summed E-state index contributed by atoms with van der Waals surface area (Å²) in [5.41, 5.74) is 1.21. The Morgan fingerprint density at radius 3 is 2.54 bits per heavy atom. The minimum atomic E-state index is -4.01. The average Bonchev–Trinajstić information content (AvgIpc) is 3.44. The number of hydrogen-bond acceptors (Lipinski definition) is 6. The second-order valence-electron chi connectivity index (χ2n) is 9.63.